The normalized spacial score (nSPS) is 19.0. The van der Waals surface area contributed by atoms with Crippen molar-refractivity contribution in [2.75, 3.05) is 0 Å². The molecule has 0 bridgehead atoms. The Labute approximate surface area is 187 Å². The third-order valence-corrected chi connectivity index (χ3v) is 9.03. The van der Waals surface area contributed by atoms with Crippen LogP contribution in [0, 0.1) is 0 Å². The van der Waals surface area contributed by atoms with Gasteiger partial charge in [-0.05, 0) is 68.6 Å². The number of benzene rings is 2. The average Bonchev–Trinajstić information content (AvgIpc) is 3.52. The van der Waals surface area contributed by atoms with E-state index in [0.717, 1.165) is 6.42 Å². The number of hydrogen-bond donors (Lipinski definition) is 0. The van der Waals surface area contributed by atoms with Gasteiger partial charge < -0.3 is 4.57 Å². The van der Waals surface area contributed by atoms with Crippen molar-refractivity contribution in [3.63, 3.8) is 0 Å². The van der Waals surface area contributed by atoms with Gasteiger partial charge in [0.1, 0.15) is 0 Å². The maximum absolute atomic E-state index is 2.48. The highest BCUT2D eigenvalue weighted by molar-refractivity contribution is 7.25. The molecule has 1 nitrogen and oxygen atoms in total. The summed E-state index contributed by atoms with van der Waals surface area (Å²) in [7, 11) is 0. The first-order chi connectivity index (χ1) is 15.4. The van der Waals surface area contributed by atoms with E-state index in [0.29, 0.717) is 5.92 Å². The predicted octanol–water partition coefficient (Wildman–Crippen LogP) is 8.37. The molecule has 0 saturated carbocycles. The molecule has 2 aromatic carbocycles. The zero-order chi connectivity index (χ0) is 20.1. The van der Waals surface area contributed by atoms with E-state index < -0.39 is 0 Å². The Morgan fingerprint density at radius 1 is 0.903 bits per heavy atom. The van der Waals surface area contributed by atoms with Crippen LogP contribution in [0.3, 0.4) is 0 Å². The lowest BCUT2D eigenvalue weighted by molar-refractivity contribution is 0.960. The standard InChI is InChI=1S/C28H17NS2/c1-4-16-5-2-7-18-20-10-11-22(21-9-3-8-19(26(20)21)17(6-1)25(16)18)29-23-12-14-30-27(23)28-24(29)13-15-31-28/h1-4,6-15,17H,5H2. The summed E-state index contributed by atoms with van der Waals surface area (Å²) in [6, 6.07) is 16.2. The lowest BCUT2D eigenvalue weighted by Crippen LogP contribution is -2.15. The summed E-state index contributed by atoms with van der Waals surface area (Å²) in [6.07, 6.45) is 12.7. The molecule has 1 atom stereocenters. The third-order valence-electron chi connectivity index (χ3n) is 7.06. The molecule has 3 aliphatic carbocycles. The SMILES string of the molecule is C1=CC2C3=C(C=CCC3=C1)c1ccc(-n3c4ccsc4c4sccc43)c3cccc2c13. The summed E-state index contributed by atoms with van der Waals surface area (Å²) in [5.41, 5.74) is 11.2. The van der Waals surface area contributed by atoms with E-state index in [4.69, 9.17) is 0 Å². The molecule has 8 rings (SSSR count). The zero-order valence-corrected chi connectivity index (χ0v) is 18.3. The first-order valence-corrected chi connectivity index (χ1v) is 12.5. The van der Waals surface area contributed by atoms with Gasteiger partial charge >= 0.3 is 0 Å². The molecule has 3 heterocycles. The molecule has 5 aromatic rings. The summed E-state index contributed by atoms with van der Waals surface area (Å²) in [5, 5.41) is 7.20. The number of aromatic nitrogens is 1. The number of thiophene rings is 2. The van der Waals surface area contributed by atoms with Crippen LogP contribution in [0.15, 0.2) is 94.8 Å². The van der Waals surface area contributed by atoms with E-state index in [2.05, 4.69) is 88.2 Å². The van der Waals surface area contributed by atoms with Crippen molar-refractivity contribution in [1.82, 2.24) is 4.57 Å². The van der Waals surface area contributed by atoms with Crippen LogP contribution in [-0.2, 0) is 0 Å². The van der Waals surface area contributed by atoms with E-state index in [1.165, 1.54) is 64.7 Å². The van der Waals surface area contributed by atoms with E-state index >= 15 is 0 Å². The van der Waals surface area contributed by atoms with Crippen LogP contribution in [0.1, 0.15) is 23.5 Å². The molecule has 3 aliphatic rings. The van der Waals surface area contributed by atoms with Gasteiger partial charge in [0.25, 0.3) is 0 Å². The second kappa shape index (κ2) is 5.76. The lowest BCUT2D eigenvalue weighted by Gasteiger charge is -2.34. The fourth-order valence-corrected chi connectivity index (χ4v) is 7.80. The van der Waals surface area contributed by atoms with Crippen molar-refractivity contribution in [3.05, 3.63) is 106 Å². The Morgan fingerprint density at radius 3 is 2.58 bits per heavy atom. The first kappa shape index (κ1) is 16.5. The van der Waals surface area contributed by atoms with Crippen LogP contribution in [0.25, 0.3) is 42.5 Å². The fourth-order valence-electron chi connectivity index (χ4n) is 5.86. The van der Waals surface area contributed by atoms with Gasteiger partial charge in [0, 0.05) is 11.3 Å². The summed E-state index contributed by atoms with van der Waals surface area (Å²) in [5.74, 6) is 0.360. The van der Waals surface area contributed by atoms with E-state index in [1.54, 1.807) is 0 Å². The summed E-state index contributed by atoms with van der Waals surface area (Å²) in [4.78, 5) is 0. The number of allylic oxidation sites excluding steroid dienone is 8. The van der Waals surface area contributed by atoms with E-state index in [-0.39, 0.29) is 0 Å². The summed E-state index contributed by atoms with van der Waals surface area (Å²) in [6.45, 7) is 0. The van der Waals surface area contributed by atoms with Gasteiger partial charge in [-0.3, -0.25) is 0 Å². The lowest BCUT2D eigenvalue weighted by atomic mass is 9.70. The highest BCUT2D eigenvalue weighted by Crippen LogP contribution is 2.51. The minimum atomic E-state index is 0.360. The molecule has 0 amide bonds. The number of hydrogen-bond acceptors (Lipinski definition) is 2. The Balaban J connectivity index is 1.53. The van der Waals surface area contributed by atoms with Crippen molar-refractivity contribution >= 4 is 59.5 Å². The molecule has 1 unspecified atom stereocenters. The molecular formula is C28H17NS2. The molecular weight excluding hydrogens is 414 g/mol. The first-order valence-electron chi connectivity index (χ1n) is 10.7. The predicted molar refractivity (Wildman–Crippen MR) is 135 cm³/mol. The van der Waals surface area contributed by atoms with Gasteiger partial charge in [0.05, 0.1) is 26.1 Å². The highest BCUT2D eigenvalue weighted by atomic mass is 32.1. The monoisotopic (exact) mass is 431 g/mol. The largest absolute Gasteiger partial charge is 0.307 e. The summed E-state index contributed by atoms with van der Waals surface area (Å²) < 4.78 is 5.27. The molecule has 146 valence electrons. The van der Waals surface area contributed by atoms with Crippen molar-refractivity contribution < 1.29 is 0 Å². The summed E-state index contributed by atoms with van der Waals surface area (Å²) >= 11 is 3.70. The molecule has 0 fully saturated rings. The smallest absolute Gasteiger partial charge is 0.0704 e. The maximum atomic E-state index is 2.48. The molecule has 0 radical (unpaired) electrons. The van der Waals surface area contributed by atoms with Crippen molar-refractivity contribution in [3.8, 4) is 5.69 Å². The van der Waals surface area contributed by atoms with Crippen LogP contribution < -0.4 is 0 Å². The Hall–Kier alpha value is -3.14. The number of fused-ring (bicyclic) bond motifs is 5. The van der Waals surface area contributed by atoms with Crippen LogP contribution >= 0.6 is 22.7 Å². The van der Waals surface area contributed by atoms with Gasteiger partial charge in [-0.2, -0.15) is 0 Å². The third kappa shape index (κ3) is 1.97. The second-order valence-corrected chi connectivity index (χ2v) is 10.3. The Morgan fingerprint density at radius 2 is 1.74 bits per heavy atom. The van der Waals surface area contributed by atoms with Crippen LogP contribution in [0.2, 0.25) is 0 Å². The quantitative estimate of drug-likeness (QED) is 0.251. The molecule has 3 aromatic heterocycles. The molecule has 0 aliphatic heterocycles. The molecule has 0 saturated heterocycles. The van der Waals surface area contributed by atoms with Gasteiger partial charge in [0.15, 0.2) is 0 Å². The van der Waals surface area contributed by atoms with Gasteiger partial charge in [-0.25, -0.2) is 0 Å². The van der Waals surface area contributed by atoms with Crippen LogP contribution in [-0.4, -0.2) is 4.57 Å². The van der Waals surface area contributed by atoms with Gasteiger partial charge in [0.2, 0.25) is 0 Å². The van der Waals surface area contributed by atoms with Crippen LogP contribution in [0.4, 0.5) is 0 Å². The minimum Gasteiger partial charge on any atom is -0.307 e. The van der Waals surface area contributed by atoms with Gasteiger partial charge in [-0.1, -0.05) is 54.6 Å². The van der Waals surface area contributed by atoms with Gasteiger partial charge in [-0.15, -0.1) is 22.7 Å². The Kier molecular flexibility index (Phi) is 3.07. The van der Waals surface area contributed by atoms with E-state index in [1.807, 2.05) is 22.7 Å². The molecule has 0 N–H and O–H groups in total. The van der Waals surface area contributed by atoms with Crippen molar-refractivity contribution in [1.29, 1.82) is 0 Å². The minimum absolute atomic E-state index is 0.360. The van der Waals surface area contributed by atoms with E-state index in [9.17, 15) is 0 Å². The zero-order valence-electron chi connectivity index (χ0n) is 16.6. The number of rotatable bonds is 1. The van der Waals surface area contributed by atoms with Crippen molar-refractivity contribution in [2.24, 2.45) is 0 Å². The Bertz CT molecular complexity index is 1660. The second-order valence-electron chi connectivity index (χ2n) is 8.50. The topological polar surface area (TPSA) is 4.93 Å². The van der Waals surface area contributed by atoms with Crippen molar-refractivity contribution in [2.45, 2.75) is 12.3 Å². The molecule has 3 heteroatoms. The average molecular weight is 432 g/mol. The number of nitrogens with zero attached hydrogens (tertiary/aromatic N) is 1. The van der Waals surface area contributed by atoms with Crippen LogP contribution in [0.5, 0.6) is 0 Å². The molecule has 0 spiro atoms. The maximum Gasteiger partial charge on any atom is 0.0704 e. The highest BCUT2D eigenvalue weighted by Gasteiger charge is 2.32. The molecule has 31 heavy (non-hydrogen) atoms. The fraction of sp³-hybridized carbons (Fsp3) is 0.0714.